The van der Waals surface area contributed by atoms with Gasteiger partial charge in [-0.3, -0.25) is 14.8 Å². The van der Waals surface area contributed by atoms with E-state index in [0.29, 0.717) is 23.3 Å². The highest BCUT2D eigenvalue weighted by Gasteiger charge is 2.21. The average Bonchev–Trinajstić information content (AvgIpc) is 2.71. The first-order valence-electron chi connectivity index (χ1n) is 8.51. The van der Waals surface area contributed by atoms with Crippen molar-refractivity contribution in [2.24, 2.45) is 4.99 Å². The highest BCUT2D eigenvalue weighted by molar-refractivity contribution is 6.20. The maximum Gasteiger partial charge on any atom is 0.274 e. The van der Waals surface area contributed by atoms with Gasteiger partial charge < -0.3 is 0 Å². The molecule has 0 spiro atoms. The van der Waals surface area contributed by atoms with Crippen molar-refractivity contribution in [2.75, 3.05) is 0 Å². The van der Waals surface area contributed by atoms with Crippen LogP contribution in [0.1, 0.15) is 37.4 Å². The molecule has 5 nitrogen and oxygen atoms in total. The number of benzene rings is 3. The van der Waals surface area contributed by atoms with Crippen LogP contribution in [0.3, 0.4) is 0 Å². The van der Waals surface area contributed by atoms with Gasteiger partial charge in [0.05, 0.1) is 11.4 Å². The van der Waals surface area contributed by atoms with Gasteiger partial charge in [0.2, 0.25) is 0 Å². The van der Waals surface area contributed by atoms with E-state index in [1.807, 2.05) is 48.5 Å². The average molecular weight is 356 g/mol. The van der Waals surface area contributed by atoms with Gasteiger partial charge in [0.15, 0.2) is 5.78 Å². The van der Waals surface area contributed by atoms with Crippen LogP contribution >= 0.6 is 0 Å². The molecule has 0 saturated carbocycles. The first kappa shape index (κ1) is 16.9. The number of carbonyl (C=O) groups excluding carboxylic acids is 2. The monoisotopic (exact) mass is 356 g/mol. The Morgan fingerprint density at radius 1 is 0.889 bits per heavy atom. The second-order valence-corrected chi connectivity index (χ2v) is 6.25. The van der Waals surface area contributed by atoms with Crippen LogP contribution in [-0.2, 0) is 6.42 Å². The fourth-order valence-electron chi connectivity index (χ4n) is 3.22. The molecule has 0 bridgehead atoms. The molecule has 5 heteroatoms. The number of hydroxylamine groups is 1. The van der Waals surface area contributed by atoms with Crippen molar-refractivity contribution in [1.29, 1.82) is 0 Å². The van der Waals surface area contributed by atoms with E-state index in [1.165, 1.54) is 0 Å². The zero-order valence-electron chi connectivity index (χ0n) is 14.3. The Kier molecular flexibility index (Phi) is 4.36. The molecule has 0 saturated heterocycles. The summed E-state index contributed by atoms with van der Waals surface area (Å²) in [6, 6.07) is 21.8. The van der Waals surface area contributed by atoms with Gasteiger partial charge in [-0.25, -0.2) is 10.5 Å². The maximum atomic E-state index is 12.8. The summed E-state index contributed by atoms with van der Waals surface area (Å²) in [6.07, 6.45) is 0.305. The summed E-state index contributed by atoms with van der Waals surface area (Å²) in [7, 11) is 0. The van der Waals surface area contributed by atoms with Gasteiger partial charge in [-0.1, -0.05) is 54.6 Å². The van der Waals surface area contributed by atoms with Crippen molar-refractivity contribution in [2.45, 2.75) is 6.42 Å². The van der Waals surface area contributed by atoms with E-state index in [-0.39, 0.29) is 5.78 Å². The van der Waals surface area contributed by atoms with E-state index in [1.54, 1.807) is 29.7 Å². The molecular weight excluding hydrogens is 340 g/mol. The molecule has 27 heavy (non-hydrogen) atoms. The Morgan fingerprint density at radius 3 is 2.30 bits per heavy atom. The van der Waals surface area contributed by atoms with Crippen molar-refractivity contribution in [3.8, 4) is 0 Å². The molecule has 4 rings (SSSR count). The number of fused-ring (bicyclic) bond motifs is 2. The molecule has 0 unspecified atom stereocenters. The lowest BCUT2D eigenvalue weighted by Gasteiger charge is -2.17. The molecule has 1 aliphatic rings. The third-order valence-electron chi connectivity index (χ3n) is 4.58. The fraction of sp³-hybridized carbons (Fsp3) is 0.0455. The minimum atomic E-state index is -0.581. The van der Waals surface area contributed by atoms with Crippen LogP contribution in [0.15, 0.2) is 77.8 Å². The molecule has 3 aromatic carbocycles. The molecule has 0 fully saturated rings. The lowest BCUT2D eigenvalue weighted by atomic mass is 9.90. The number of aliphatic imine (C=N–C) groups is 1. The highest BCUT2D eigenvalue weighted by Crippen LogP contribution is 2.28. The first-order chi connectivity index (χ1) is 13.2. The summed E-state index contributed by atoms with van der Waals surface area (Å²) in [6.45, 7) is 0. The van der Waals surface area contributed by atoms with Crippen LogP contribution in [-0.4, -0.2) is 22.6 Å². The quantitative estimate of drug-likeness (QED) is 0.543. The van der Waals surface area contributed by atoms with Crippen LogP contribution in [0.25, 0.3) is 0 Å². The highest BCUT2D eigenvalue weighted by atomic mass is 16.5. The van der Waals surface area contributed by atoms with E-state index >= 15 is 0 Å². The second kappa shape index (κ2) is 6.97. The SMILES string of the molecule is O=C(NO)c1ccc(/C2=N/c3ccccc3CC(=O)c3ccccc32)cc1. The minimum Gasteiger partial charge on any atom is -0.294 e. The molecule has 1 amide bonds. The number of amides is 1. The normalized spacial score (nSPS) is 14.9. The topological polar surface area (TPSA) is 78.8 Å². The van der Waals surface area contributed by atoms with Gasteiger partial charge in [-0.2, -0.15) is 0 Å². The van der Waals surface area contributed by atoms with Crippen molar-refractivity contribution in [1.82, 2.24) is 5.48 Å². The van der Waals surface area contributed by atoms with Crippen molar-refractivity contribution in [3.63, 3.8) is 0 Å². The number of para-hydroxylation sites is 1. The minimum absolute atomic E-state index is 0.0433. The smallest absolute Gasteiger partial charge is 0.274 e. The number of Topliss-reactive ketones (excluding diaryl/α,β-unsaturated/α-hetero) is 1. The third kappa shape index (κ3) is 3.16. The number of carbonyl (C=O) groups is 2. The van der Waals surface area contributed by atoms with Crippen LogP contribution in [0, 0.1) is 0 Å². The van der Waals surface area contributed by atoms with Crippen LogP contribution in [0.2, 0.25) is 0 Å². The Labute approximate surface area is 156 Å². The van der Waals surface area contributed by atoms with Gasteiger partial charge in [-0.05, 0) is 23.8 Å². The van der Waals surface area contributed by atoms with Crippen LogP contribution in [0.5, 0.6) is 0 Å². The van der Waals surface area contributed by atoms with E-state index in [9.17, 15) is 9.59 Å². The second-order valence-electron chi connectivity index (χ2n) is 6.25. The van der Waals surface area contributed by atoms with Crippen molar-refractivity contribution < 1.29 is 14.8 Å². The number of nitrogens with one attached hydrogen (secondary N) is 1. The van der Waals surface area contributed by atoms with Gasteiger partial charge >= 0.3 is 0 Å². The molecule has 1 heterocycles. The van der Waals surface area contributed by atoms with Crippen molar-refractivity contribution >= 4 is 23.1 Å². The fourth-order valence-corrected chi connectivity index (χ4v) is 3.22. The lowest BCUT2D eigenvalue weighted by Crippen LogP contribution is -2.19. The molecule has 3 aromatic rings. The Morgan fingerprint density at radius 2 is 1.56 bits per heavy atom. The zero-order valence-corrected chi connectivity index (χ0v) is 14.3. The van der Waals surface area contributed by atoms with Gasteiger partial charge in [-0.15, -0.1) is 0 Å². The first-order valence-corrected chi connectivity index (χ1v) is 8.51. The molecule has 0 aromatic heterocycles. The molecule has 132 valence electrons. The molecule has 2 N–H and O–H groups in total. The summed E-state index contributed by atoms with van der Waals surface area (Å²) in [5, 5.41) is 8.78. The summed E-state index contributed by atoms with van der Waals surface area (Å²) >= 11 is 0. The van der Waals surface area contributed by atoms with E-state index < -0.39 is 5.91 Å². The third-order valence-corrected chi connectivity index (χ3v) is 4.58. The van der Waals surface area contributed by atoms with Crippen LogP contribution in [0.4, 0.5) is 5.69 Å². The van der Waals surface area contributed by atoms with E-state index in [4.69, 9.17) is 10.2 Å². The Balaban J connectivity index is 1.92. The molecule has 0 radical (unpaired) electrons. The Hall–Kier alpha value is -3.57. The summed E-state index contributed by atoms with van der Waals surface area (Å²) in [4.78, 5) is 29.3. The maximum absolute atomic E-state index is 12.8. The van der Waals surface area contributed by atoms with E-state index in [2.05, 4.69) is 0 Å². The summed E-state index contributed by atoms with van der Waals surface area (Å²) < 4.78 is 0. The molecule has 0 aliphatic carbocycles. The number of hydrogen-bond acceptors (Lipinski definition) is 4. The predicted octanol–water partition coefficient (Wildman–Crippen LogP) is 3.71. The molecule has 0 atom stereocenters. The standard InChI is InChI=1S/C22H16N2O3/c25-20-13-16-5-1-4-8-19(16)23-21(18-7-3-2-6-17(18)20)14-9-11-15(12-10-14)22(26)24-27/h1-12,27H,13H2,(H,24,26)/b23-21-. The van der Waals surface area contributed by atoms with Crippen LogP contribution < -0.4 is 5.48 Å². The summed E-state index contributed by atoms with van der Waals surface area (Å²) in [5.74, 6) is -0.538. The number of nitrogens with zero attached hydrogens (tertiary/aromatic N) is 1. The number of ketones is 1. The lowest BCUT2D eigenvalue weighted by molar-refractivity contribution is 0.0706. The van der Waals surface area contributed by atoms with Crippen molar-refractivity contribution in [3.05, 3.63) is 101 Å². The number of hydrogen-bond donors (Lipinski definition) is 2. The summed E-state index contributed by atoms with van der Waals surface area (Å²) in [5.41, 5.74) is 6.42. The largest absolute Gasteiger partial charge is 0.294 e. The van der Waals surface area contributed by atoms with Gasteiger partial charge in [0.25, 0.3) is 5.91 Å². The van der Waals surface area contributed by atoms with Gasteiger partial charge in [0.1, 0.15) is 0 Å². The Bertz CT molecular complexity index is 1070. The van der Waals surface area contributed by atoms with Gasteiger partial charge in [0, 0.05) is 28.7 Å². The van der Waals surface area contributed by atoms with E-state index in [0.717, 1.165) is 22.4 Å². The molecular formula is C22H16N2O3. The number of rotatable bonds is 2. The predicted molar refractivity (Wildman–Crippen MR) is 102 cm³/mol. The zero-order chi connectivity index (χ0) is 18.8. The molecule has 1 aliphatic heterocycles.